The van der Waals surface area contributed by atoms with E-state index in [1.165, 1.54) is 12.1 Å². The molecule has 1 amide bonds. The monoisotopic (exact) mass is 328 g/mol. The number of rotatable bonds is 3. The Morgan fingerprint density at radius 2 is 1.75 bits per heavy atom. The zero-order chi connectivity index (χ0) is 17.3. The van der Waals surface area contributed by atoms with Gasteiger partial charge < -0.3 is 9.32 Å². The van der Waals surface area contributed by atoms with E-state index in [-0.39, 0.29) is 11.6 Å². The van der Waals surface area contributed by atoms with Crippen molar-refractivity contribution in [1.82, 2.24) is 4.90 Å². The standard InChI is InChI=1S/C18H20N2O4/c1-12-9-13(2)11-19(10-12)18(21)17-8-7-16(24-17)14-3-5-15(6-4-14)20(22)23/h3-8,12-13H,9-11H2,1-2H3/t12-,13+. The fourth-order valence-corrected chi connectivity index (χ4v) is 3.34. The minimum atomic E-state index is -0.445. The lowest BCUT2D eigenvalue weighted by Crippen LogP contribution is -2.42. The molecule has 0 spiro atoms. The number of hydrogen-bond donors (Lipinski definition) is 0. The quantitative estimate of drug-likeness (QED) is 0.631. The highest BCUT2D eigenvalue weighted by atomic mass is 16.6. The molecule has 0 saturated carbocycles. The first-order valence-electron chi connectivity index (χ1n) is 8.08. The smallest absolute Gasteiger partial charge is 0.289 e. The van der Waals surface area contributed by atoms with Gasteiger partial charge >= 0.3 is 0 Å². The number of nitro benzene ring substituents is 1. The lowest BCUT2D eigenvalue weighted by atomic mass is 9.92. The van der Waals surface area contributed by atoms with Crippen LogP contribution in [0.25, 0.3) is 11.3 Å². The molecule has 0 bridgehead atoms. The van der Waals surface area contributed by atoms with Crippen molar-refractivity contribution < 1.29 is 14.1 Å². The highest BCUT2D eigenvalue weighted by Crippen LogP contribution is 2.27. The van der Waals surface area contributed by atoms with Crippen molar-refractivity contribution in [1.29, 1.82) is 0 Å². The van der Waals surface area contributed by atoms with Gasteiger partial charge in [0.2, 0.25) is 0 Å². The van der Waals surface area contributed by atoms with Crippen molar-refractivity contribution in [2.45, 2.75) is 20.3 Å². The molecule has 2 aromatic rings. The molecular weight excluding hydrogens is 308 g/mol. The third-order valence-electron chi connectivity index (χ3n) is 4.34. The third kappa shape index (κ3) is 3.32. The molecule has 1 fully saturated rings. The minimum absolute atomic E-state index is 0.0258. The molecule has 1 saturated heterocycles. The number of non-ortho nitro benzene ring substituents is 1. The highest BCUT2D eigenvalue weighted by molar-refractivity contribution is 5.92. The summed E-state index contributed by atoms with van der Waals surface area (Å²) in [5.74, 6) is 1.72. The first kappa shape index (κ1) is 16.2. The van der Waals surface area contributed by atoms with Gasteiger partial charge in [-0.1, -0.05) is 13.8 Å². The van der Waals surface area contributed by atoms with Crippen molar-refractivity contribution in [2.24, 2.45) is 11.8 Å². The van der Waals surface area contributed by atoms with Crippen LogP contribution in [0.1, 0.15) is 30.8 Å². The van der Waals surface area contributed by atoms with Gasteiger partial charge in [0.1, 0.15) is 5.76 Å². The second-order valence-electron chi connectivity index (χ2n) is 6.62. The molecule has 6 heteroatoms. The van der Waals surface area contributed by atoms with E-state index in [0.29, 0.717) is 28.9 Å². The molecule has 0 radical (unpaired) electrons. The molecule has 2 heterocycles. The Labute approximate surface area is 140 Å². The fourth-order valence-electron chi connectivity index (χ4n) is 3.34. The van der Waals surface area contributed by atoms with Crippen LogP contribution in [-0.4, -0.2) is 28.8 Å². The molecule has 0 unspecified atom stereocenters. The van der Waals surface area contributed by atoms with E-state index in [0.717, 1.165) is 19.5 Å². The predicted molar refractivity (Wildman–Crippen MR) is 89.6 cm³/mol. The second kappa shape index (κ2) is 6.47. The van der Waals surface area contributed by atoms with Crippen LogP contribution < -0.4 is 0 Å². The maximum absolute atomic E-state index is 12.6. The maximum Gasteiger partial charge on any atom is 0.289 e. The third-order valence-corrected chi connectivity index (χ3v) is 4.34. The van der Waals surface area contributed by atoms with Gasteiger partial charge in [-0.15, -0.1) is 0 Å². The van der Waals surface area contributed by atoms with Gasteiger partial charge in [-0.05, 0) is 42.5 Å². The summed E-state index contributed by atoms with van der Waals surface area (Å²) >= 11 is 0. The summed E-state index contributed by atoms with van der Waals surface area (Å²) in [7, 11) is 0. The molecule has 0 N–H and O–H groups in total. The van der Waals surface area contributed by atoms with Crippen LogP contribution in [0.2, 0.25) is 0 Å². The number of nitrogens with zero attached hydrogens (tertiary/aromatic N) is 2. The van der Waals surface area contributed by atoms with Gasteiger partial charge in [0.15, 0.2) is 5.76 Å². The zero-order valence-electron chi connectivity index (χ0n) is 13.8. The van der Waals surface area contributed by atoms with Gasteiger partial charge in [-0.25, -0.2) is 0 Å². The number of hydrogen-bond acceptors (Lipinski definition) is 4. The first-order chi connectivity index (χ1) is 11.4. The molecule has 24 heavy (non-hydrogen) atoms. The van der Waals surface area contributed by atoms with Crippen molar-refractivity contribution >= 4 is 11.6 Å². The Balaban J connectivity index is 1.77. The normalized spacial score (nSPS) is 20.8. The first-order valence-corrected chi connectivity index (χ1v) is 8.08. The molecule has 1 aromatic carbocycles. The van der Waals surface area contributed by atoms with E-state index < -0.39 is 4.92 Å². The molecule has 2 atom stereocenters. The molecule has 1 aliphatic heterocycles. The summed E-state index contributed by atoms with van der Waals surface area (Å²) in [6, 6.07) is 9.49. The Kier molecular flexibility index (Phi) is 4.38. The number of nitro groups is 1. The van der Waals surface area contributed by atoms with Crippen LogP contribution in [0.15, 0.2) is 40.8 Å². The molecule has 1 aromatic heterocycles. The van der Waals surface area contributed by atoms with Crippen LogP contribution in [0.3, 0.4) is 0 Å². The van der Waals surface area contributed by atoms with E-state index >= 15 is 0 Å². The van der Waals surface area contributed by atoms with Crippen molar-refractivity contribution in [3.05, 3.63) is 52.3 Å². The SMILES string of the molecule is C[C@@H]1C[C@H](C)CN(C(=O)c2ccc(-c3ccc([N+](=O)[O-])cc3)o2)C1. The summed E-state index contributed by atoms with van der Waals surface area (Å²) in [6.45, 7) is 5.80. The predicted octanol–water partition coefficient (Wildman–Crippen LogP) is 3.97. The lowest BCUT2D eigenvalue weighted by Gasteiger charge is -2.34. The summed E-state index contributed by atoms with van der Waals surface area (Å²) in [6.07, 6.45) is 1.13. The average Bonchev–Trinajstić information content (AvgIpc) is 3.03. The number of amides is 1. The average molecular weight is 328 g/mol. The van der Waals surface area contributed by atoms with Crippen LogP contribution in [0, 0.1) is 22.0 Å². The minimum Gasteiger partial charge on any atom is -0.451 e. The van der Waals surface area contributed by atoms with Gasteiger partial charge in [-0.3, -0.25) is 14.9 Å². The molecular formula is C18H20N2O4. The van der Waals surface area contributed by atoms with Crippen molar-refractivity contribution in [2.75, 3.05) is 13.1 Å². The van der Waals surface area contributed by atoms with E-state index in [2.05, 4.69) is 13.8 Å². The number of furan rings is 1. The Hall–Kier alpha value is -2.63. The van der Waals surface area contributed by atoms with Crippen LogP contribution in [0.4, 0.5) is 5.69 Å². The van der Waals surface area contributed by atoms with E-state index in [4.69, 9.17) is 4.42 Å². The maximum atomic E-state index is 12.6. The number of carbonyl (C=O) groups excluding carboxylic acids is 1. The van der Waals surface area contributed by atoms with E-state index in [1.54, 1.807) is 24.3 Å². The number of carbonyl (C=O) groups is 1. The topological polar surface area (TPSA) is 76.6 Å². The van der Waals surface area contributed by atoms with E-state index in [9.17, 15) is 14.9 Å². The van der Waals surface area contributed by atoms with Gasteiger partial charge in [-0.2, -0.15) is 0 Å². The fraction of sp³-hybridized carbons (Fsp3) is 0.389. The van der Waals surface area contributed by atoms with Gasteiger partial charge in [0.25, 0.3) is 11.6 Å². The van der Waals surface area contributed by atoms with Crippen LogP contribution in [0.5, 0.6) is 0 Å². The lowest BCUT2D eigenvalue weighted by molar-refractivity contribution is -0.384. The highest BCUT2D eigenvalue weighted by Gasteiger charge is 2.27. The molecule has 1 aliphatic rings. The van der Waals surface area contributed by atoms with E-state index in [1.807, 2.05) is 4.90 Å². The second-order valence-corrected chi connectivity index (χ2v) is 6.62. The zero-order valence-corrected chi connectivity index (χ0v) is 13.8. The Morgan fingerprint density at radius 1 is 1.12 bits per heavy atom. The van der Waals surface area contributed by atoms with Gasteiger partial charge in [0, 0.05) is 30.8 Å². The number of benzene rings is 1. The van der Waals surface area contributed by atoms with Crippen LogP contribution >= 0.6 is 0 Å². The van der Waals surface area contributed by atoms with Gasteiger partial charge in [0.05, 0.1) is 4.92 Å². The number of piperidine rings is 1. The van der Waals surface area contributed by atoms with Crippen molar-refractivity contribution in [3.63, 3.8) is 0 Å². The molecule has 126 valence electrons. The number of likely N-dealkylation sites (tertiary alicyclic amines) is 1. The summed E-state index contributed by atoms with van der Waals surface area (Å²) in [5.41, 5.74) is 0.734. The Bertz CT molecular complexity index is 741. The largest absolute Gasteiger partial charge is 0.451 e. The summed E-state index contributed by atoms with van der Waals surface area (Å²) in [5, 5.41) is 10.7. The molecule has 0 aliphatic carbocycles. The summed E-state index contributed by atoms with van der Waals surface area (Å²) < 4.78 is 5.69. The van der Waals surface area contributed by atoms with Crippen LogP contribution in [-0.2, 0) is 0 Å². The summed E-state index contributed by atoms with van der Waals surface area (Å²) in [4.78, 5) is 24.7. The van der Waals surface area contributed by atoms with Crippen molar-refractivity contribution in [3.8, 4) is 11.3 Å². The molecule has 6 nitrogen and oxygen atoms in total. The Morgan fingerprint density at radius 3 is 2.33 bits per heavy atom. The molecule has 3 rings (SSSR count).